The molecule has 2 fully saturated rings. The first-order valence-corrected chi connectivity index (χ1v) is 7.12. The number of aromatic nitrogens is 2. The lowest BCUT2D eigenvalue weighted by molar-refractivity contribution is -0.142. The molecule has 21 heavy (non-hydrogen) atoms. The minimum absolute atomic E-state index is 0.0850. The Bertz CT molecular complexity index is 523. The summed E-state index contributed by atoms with van der Waals surface area (Å²) in [5.41, 5.74) is 0. The fourth-order valence-electron chi connectivity index (χ4n) is 3.01. The van der Waals surface area contributed by atoms with Crippen LogP contribution in [0.4, 0.5) is 10.4 Å². The highest BCUT2D eigenvalue weighted by atomic mass is 19.1. The summed E-state index contributed by atoms with van der Waals surface area (Å²) in [5, 5.41) is 7.76. The van der Waals surface area contributed by atoms with Gasteiger partial charge in [-0.3, -0.25) is 9.69 Å². The maximum absolute atomic E-state index is 13.8. The van der Waals surface area contributed by atoms with E-state index in [-0.39, 0.29) is 24.6 Å². The van der Waals surface area contributed by atoms with Crippen LogP contribution in [0.3, 0.4) is 0 Å². The number of ether oxygens (including phenoxy) is 1. The Morgan fingerprint density at radius 2 is 2.29 bits per heavy atom. The van der Waals surface area contributed by atoms with Gasteiger partial charge in [-0.1, -0.05) is 5.10 Å². The molecule has 1 unspecified atom stereocenters. The second-order valence-corrected chi connectivity index (χ2v) is 5.65. The van der Waals surface area contributed by atoms with Crippen LogP contribution in [0.25, 0.3) is 0 Å². The highest BCUT2D eigenvalue weighted by molar-refractivity contribution is 5.77. The molecule has 1 aromatic rings. The van der Waals surface area contributed by atoms with E-state index >= 15 is 0 Å². The Morgan fingerprint density at radius 1 is 1.48 bits per heavy atom. The van der Waals surface area contributed by atoms with Crippen molar-refractivity contribution in [3.05, 3.63) is 5.89 Å². The van der Waals surface area contributed by atoms with Crippen molar-refractivity contribution in [1.29, 1.82) is 0 Å². The largest absolute Gasteiger partial charge is 0.464 e. The molecule has 0 N–H and O–H groups in total. The van der Waals surface area contributed by atoms with E-state index in [4.69, 9.17) is 9.15 Å². The number of halogens is 1. The molecule has 3 heterocycles. The summed E-state index contributed by atoms with van der Waals surface area (Å²) < 4.78 is 24.2. The Balaban J connectivity index is 1.69. The van der Waals surface area contributed by atoms with Gasteiger partial charge in [-0.25, -0.2) is 4.39 Å². The summed E-state index contributed by atoms with van der Waals surface area (Å²) in [6.07, 6.45) is 0.153. The van der Waals surface area contributed by atoms with Crippen molar-refractivity contribution >= 4 is 12.0 Å². The molecule has 1 aromatic heterocycles. The van der Waals surface area contributed by atoms with E-state index in [0.29, 0.717) is 37.9 Å². The topological polar surface area (TPSA) is 71.7 Å². The van der Waals surface area contributed by atoms with Crippen LogP contribution in [-0.2, 0) is 9.53 Å². The van der Waals surface area contributed by atoms with Crippen LogP contribution < -0.4 is 4.90 Å². The molecule has 0 aliphatic carbocycles. The lowest BCUT2D eigenvalue weighted by Crippen LogP contribution is -2.44. The quantitative estimate of drug-likeness (QED) is 0.751. The summed E-state index contributed by atoms with van der Waals surface area (Å²) >= 11 is 0. The number of carbonyl (C=O) groups is 1. The first kappa shape index (κ1) is 14.2. The highest BCUT2D eigenvalue weighted by Crippen LogP contribution is 2.27. The zero-order valence-electron chi connectivity index (χ0n) is 12.2. The van der Waals surface area contributed by atoms with E-state index in [0.717, 1.165) is 0 Å². The molecule has 0 saturated carbocycles. The highest BCUT2D eigenvalue weighted by Gasteiger charge is 2.38. The minimum Gasteiger partial charge on any atom is -0.464 e. The maximum Gasteiger partial charge on any atom is 0.323 e. The Hall–Kier alpha value is -1.70. The van der Waals surface area contributed by atoms with E-state index in [1.807, 2.05) is 11.9 Å². The van der Waals surface area contributed by atoms with Crippen LogP contribution in [-0.4, -0.2) is 66.1 Å². The van der Waals surface area contributed by atoms with Crippen LogP contribution in [0.15, 0.2) is 4.42 Å². The number of cyclic esters (lactones) is 1. The average Bonchev–Trinajstić information content (AvgIpc) is 3.10. The van der Waals surface area contributed by atoms with E-state index < -0.39 is 6.17 Å². The number of nitrogens with zero attached hydrogens (tertiary/aromatic N) is 4. The normalized spacial score (nSPS) is 29.4. The van der Waals surface area contributed by atoms with Crippen LogP contribution in [0.2, 0.25) is 0 Å². The van der Waals surface area contributed by atoms with Crippen molar-refractivity contribution in [2.24, 2.45) is 0 Å². The Labute approximate surface area is 122 Å². The van der Waals surface area contributed by atoms with Crippen molar-refractivity contribution < 1.29 is 18.3 Å². The third-order valence-electron chi connectivity index (χ3n) is 4.06. The first-order chi connectivity index (χ1) is 10.0. The van der Waals surface area contributed by atoms with Gasteiger partial charge in [0.05, 0.1) is 13.2 Å². The van der Waals surface area contributed by atoms with Gasteiger partial charge in [0.2, 0.25) is 5.89 Å². The number of likely N-dealkylation sites (N-methyl/N-ethyl adjacent to an activating group) is 1. The van der Waals surface area contributed by atoms with Gasteiger partial charge in [0.1, 0.15) is 12.2 Å². The zero-order chi connectivity index (χ0) is 15.0. The third kappa shape index (κ3) is 2.85. The SMILES string of the molecule is Cc1nnc(N2C[C@@H](F)C[C@H]2CN(C)C2CCOC2=O)o1. The number of carbonyl (C=O) groups excluding carboxylic acids is 1. The predicted molar refractivity (Wildman–Crippen MR) is 71.7 cm³/mol. The number of hydrogen-bond acceptors (Lipinski definition) is 7. The fraction of sp³-hybridized carbons (Fsp3) is 0.769. The van der Waals surface area contributed by atoms with E-state index in [2.05, 4.69) is 10.2 Å². The summed E-state index contributed by atoms with van der Waals surface area (Å²) in [6, 6.07) is 0.0215. The molecule has 2 aliphatic heterocycles. The van der Waals surface area contributed by atoms with Gasteiger partial charge in [-0.05, 0) is 7.05 Å². The molecule has 0 aromatic carbocycles. The predicted octanol–water partition coefficient (Wildman–Crippen LogP) is 0.542. The molecule has 0 spiro atoms. The van der Waals surface area contributed by atoms with Gasteiger partial charge in [-0.15, -0.1) is 5.10 Å². The molecule has 3 atom stereocenters. The monoisotopic (exact) mass is 298 g/mol. The average molecular weight is 298 g/mol. The second-order valence-electron chi connectivity index (χ2n) is 5.65. The molecule has 0 radical (unpaired) electrons. The van der Waals surface area contributed by atoms with Crippen molar-refractivity contribution in [3.63, 3.8) is 0 Å². The number of alkyl halides is 1. The van der Waals surface area contributed by atoms with Gasteiger partial charge >= 0.3 is 12.0 Å². The van der Waals surface area contributed by atoms with Crippen molar-refractivity contribution in [2.75, 3.05) is 31.6 Å². The van der Waals surface area contributed by atoms with Crippen LogP contribution in [0, 0.1) is 6.92 Å². The number of esters is 1. The van der Waals surface area contributed by atoms with Gasteiger partial charge in [0, 0.05) is 32.4 Å². The van der Waals surface area contributed by atoms with E-state index in [9.17, 15) is 9.18 Å². The molecule has 116 valence electrons. The third-order valence-corrected chi connectivity index (χ3v) is 4.06. The Morgan fingerprint density at radius 3 is 2.90 bits per heavy atom. The number of anilines is 1. The number of aryl methyl sites for hydroxylation is 1. The molecule has 8 heteroatoms. The maximum atomic E-state index is 13.8. The van der Waals surface area contributed by atoms with Gasteiger partial charge in [0.15, 0.2) is 0 Å². The molecule has 7 nitrogen and oxygen atoms in total. The van der Waals surface area contributed by atoms with Crippen LogP contribution in [0.5, 0.6) is 0 Å². The lowest BCUT2D eigenvalue weighted by atomic mass is 10.1. The van der Waals surface area contributed by atoms with Crippen molar-refractivity contribution in [1.82, 2.24) is 15.1 Å². The standard InChI is InChI=1S/C13H19FN4O3/c1-8-15-16-13(21-8)18-6-9(14)5-10(18)7-17(2)11-3-4-20-12(11)19/h9-11H,3-7H2,1-2H3/t9-,10-,11?/m0/s1. The molecule has 2 aliphatic rings. The molecule has 3 rings (SSSR count). The molecular weight excluding hydrogens is 279 g/mol. The zero-order valence-corrected chi connectivity index (χ0v) is 12.2. The van der Waals surface area contributed by atoms with Crippen molar-refractivity contribution in [3.8, 4) is 0 Å². The first-order valence-electron chi connectivity index (χ1n) is 7.12. The molecular formula is C13H19FN4O3. The van der Waals surface area contributed by atoms with Gasteiger partial charge in [0.25, 0.3) is 0 Å². The Kier molecular flexibility index (Phi) is 3.79. The van der Waals surface area contributed by atoms with Crippen LogP contribution in [0.1, 0.15) is 18.7 Å². The second kappa shape index (κ2) is 5.59. The number of hydrogen-bond donors (Lipinski definition) is 0. The van der Waals surface area contributed by atoms with E-state index in [1.165, 1.54) is 0 Å². The van der Waals surface area contributed by atoms with Crippen LogP contribution >= 0.6 is 0 Å². The molecule has 0 amide bonds. The lowest BCUT2D eigenvalue weighted by Gasteiger charge is -2.28. The van der Waals surface area contributed by atoms with E-state index in [1.54, 1.807) is 11.8 Å². The number of rotatable bonds is 4. The minimum atomic E-state index is -0.925. The summed E-state index contributed by atoms with van der Waals surface area (Å²) in [7, 11) is 1.86. The van der Waals surface area contributed by atoms with Crippen molar-refractivity contribution in [2.45, 2.75) is 38.0 Å². The summed E-state index contributed by atoms with van der Waals surface area (Å²) in [6.45, 7) is 2.96. The smallest absolute Gasteiger partial charge is 0.323 e. The molecule has 0 bridgehead atoms. The molecule has 2 saturated heterocycles. The summed E-state index contributed by atoms with van der Waals surface area (Å²) in [4.78, 5) is 15.3. The van der Waals surface area contributed by atoms with Gasteiger partial charge < -0.3 is 14.1 Å². The van der Waals surface area contributed by atoms with Gasteiger partial charge in [-0.2, -0.15) is 0 Å². The summed E-state index contributed by atoms with van der Waals surface area (Å²) in [5.74, 6) is 0.256. The fourth-order valence-corrected chi connectivity index (χ4v) is 3.01.